The molecule has 0 aliphatic carbocycles. The fraction of sp³-hybridized carbons (Fsp3) is 0.357. The fourth-order valence-electron chi connectivity index (χ4n) is 1.40. The molecule has 0 bridgehead atoms. The van der Waals surface area contributed by atoms with E-state index in [1.807, 2.05) is 12.1 Å². The first-order valence-electron chi connectivity index (χ1n) is 5.80. The number of carbonyl (C=O) groups excluding carboxylic acids is 1. The number of amides is 1. The average Bonchev–Trinajstić information content (AvgIpc) is 2.34. The minimum Gasteiger partial charge on any atom is -0.395 e. The van der Waals surface area contributed by atoms with Gasteiger partial charge >= 0.3 is 0 Å². The van der Waals surface area contributed by atoms with E-state index in [2.05, 4.69) is 31.3 Å². The smallest absolute Gasteiger partial charge is 0.244 e. The van der Waals surface area contributed by atoms with Crippen molar-refractivity contribution in [1.82, 2.24) is 5.32 Å². The Hall–Kier alpha value is -1.61. The highest BCUT2D eigenvalue weighted by atomic mass is 16.3. The highest BCUT2D eigenvalue weighted by Crippen LogP contribution is 2.15. The maximum Gasteiger partial charge on any atom is 0.244 e. The van der Waals surface area contributed by atoms with E-state index >= 15 is 0 Å². The van der Waals surface area contributed by atoms with Gasteiger partial charge in [0.15, 0.2) is 0 Å². The first-order chi connectivity index (χ1) is 8.13. The number of aliphatic hydroxyl groups is 1. The Morgan fingerprint density at radius 1 is 1.35 bits per heavy atom. The zero-order valence-corrected chi connectivity index (χ0v) is 10.3. The van der Waals surface area contributed by atoms with Crippen LogP contribution in [0.3, 0.4) is 0 Å². The molecule has 17 heavy (non-hydrogen) atoms. The van der Waals surface area contributed by atoms with Crippen molar-refractivity contribution in [3.63, 3.8) is 0 Å². The molecule has 1 amide bonds. The Morgan fingerprint density at radius 2 is 2.00 bits per heavy atom. The molecule has 0 spiro atoms. The minimum absolute atomic E-state index is 0.0390. The van der Waals surface area contributed by atoms with Crippen molar-refractivity contribution < 1.29 is 9.90 Å². The van der Waals surface area contributed by atoms with Gasteiger partial charge in [0.05, 0.1) is 6.61 Å². The first-order valence-corrected chi connectivity index (χ1v) is 5.80. The minimum atomic E-state index is -0.188. The summed E-state index contributed by atoms with van der Waals surface area (Å²) in [4.78, 5) is 11.2. The zero-order valence-electron chi connectivity index (χ0n) is 10.3. The van der Waals surface area contributed by atoms with Crippen molar-refractivity contribution in [2.24, 2.45) is 0 Å². The number of carbonyl (C=O) groups is 1. The van der Waals surface area contributed by atoms with E-state index in [4.69, 9.17) is 5.11 Å². The molecule has 3 heteroatoms. The van der Waals surface area contributed by atoms with Crippen LogP contribution in [-0.4, -0.2) is 24.2 Å². The zero-order chi connectivity index (χ0) is 12.7. The quantitative estimate of drug-likeness (QED) is 0.763. The number of rotatable bonds is 5. The Labute approximate surface area is 102 Å². The molecule has 0 saturated carbocycles. The van der Waals surface area contributed by atoms with Gasteiger partial charge in [-0.05, 0) is 23.1 Å². The maximum absolute atomic E-state index is 11.2. The van der Waals surface area contributed by atoms with Crippen molar-refractivity contribution in [3.8, 4) is 0 Å². The topological polar surface area (TPSA) is 49.3 Å². The summed E-state index contributed by atoms with van der Waals surface area (Å²) in [5.74, 6) is 0.327. The summed E-state index contributed by atoms with van der Waals surface area (Å²) in [6.07, 6.45) is 3.23. The molecule has 0 aliphatic heterocycles. The molecule has 1 rings (SSSR count). The maximum atomic E-state index is 11.2. The lowest BCUT2D eigenvalue weighted by molar-refractivity contribution is -0.116. The second kappa shape index (κ2) is 6.86. The van der Waals surface area contributed by atoms with Crippen LogP contribution in [0.4, 0.5) is 0 Å². The van der Waals surface area contributed by atoms with Crippen LogP contribution in [0.25, 0.3) is 6.08 Å². The Bertz CT molecular complexity index is 380. The Kier molecular flexibility index (Phi) is 5.43. The molecule has 0 aromatic heterocycles. The van der Waals surface area contributed by atoms with Gasteiger partial charge in [0.1, 0.15) is 0 Å². The van der Waals surface area contributed by atoms with Crippen LogP contribution in [0.5, 0.6) is 0 Å². The van der Waals surface area contributed by atoms with Gasteiger partial charge in [-0.15, -0.1) is 0 Å². The third-order valence-corrected chi connectivity index (χ3v) is 2.44. The summed E-state index contributed by atoms with van der Waals surface area (Å²) in [5.41, 5.74) is 2.28. The number of hydrogen-bond donors (Lipinski definition) is 2. The van der Waals surface area contributed by atoms with Crippen molar-refractivity contribution in [3.05, 3.63) is 41.5 Å². The van der Waals surface area contributed by atoms with E-state index in [0.29, 0.717) is 5.92 Å². The van der Waals surface area contributed by atoms with Crippen molar-refractivity contribution in [2.75, 3.05) is 13.2 Å². The Morgan fingerprint density at radius 3 is 2.53 bits per heavy atom. The van der Waals surface area contributed by atoms with Crippen LogP contribution in [0, 0.1) is 0 Å². The monoisotopic (exact) mass is 233 g/mol. The summed E-state index contributed by atoms with van der Waals surface area (Å²) in [5, 5.41) is 11.1. The predicted molar refractivity (Wildman–Crippen MR) is 69.7 cm³/mol. The molecule has 0 unspecified atom stereocenters. The first kappa shape index (κ1) is 13.5. The standard InChI is InChI=1S/C14H19NO2/c1-11(2)13-6-3-12(4-7-13)5-8-14(17)15-9-10-16/h3-8,11,16H,9-10H2,1-2H3,(H,15,17)/b8-5+. The number of nitrogens with one attached hydrogen (secondary N) is 1. The van der Waals surface area contributed by atoms with Crippen LogP contribution >= 0.6 is 0 Å². The predicted octanol–water partition coefficient (Wildman–Crippen LogP) is 1.93. The molecule has 0 heterocycles. The van der Waals surface area contributed by atoms with E-state index in [-0.39, 0.29) is 19.1 Å². The SMILES string of the molecule is CC(C)c1ccc(/C=C/C(=O)NCCO)cc1. The molecule has 0 atom stereocenters. The van der Waals surface area contributed by atoms with Crippen LogP contribution in [0.15, 0.2) is 30.3 Å². The second-order valence-electron chi connectivity index (χ2n) is 4.17. The molecular formula is C14H19NO2. The molecule has 1 aromatic rings. The van der Waals surface area contributed by atoms with Gasteiger partial charge in [0.25, 0.3) is 0 Å². The fourth-order valence-corrected chi connectivity index (χ4v) is 1.40. The van der Waals surface area contributed by atoms with Crippen molar-refractivity contribution >= 4 is 12.0 Å². The van der Waals surface area contributed by atoms with Gasteiger partial charge in [-0.2, -0.15) is 0 Å². The number of aliphatic hydroxyl groups excluding tert-OH is 1. The lowest BCUT2D eigenvalue weighted by Gasteiger charge is -2.04. The lowest BCUT2D eigenvalue weighted by Crippen LogP contribution is -2.24. The van der Waals surface area contributed by atoms with Gasteiger partial charge in [0, 0.05) is 12.6 Å². The van der Waals surface area contributed by atoms with Gasteiger partial charge < -0.3 is 10.4 Å². The van der Waals surface area contributed by atoms with Crippen LogP contribution in [-0.2, 0) is 4.79 Å². The summed E-state index contributed by atoms with van der Waals surface area (Å²) in [6, 6.07) is 8.11. The highest BCUT2D eigenvalue weighted by Gasteiger charge is 1.97. The summed E-state index contributed by atoms with van der Waals surface area (Å²) in [6.45, 7) is 4.54. The third kappa shape index (κ3) is 4.83. The van der Waals surface area contributed by atoms with Gasteiger partial charge in [-0.1, -0.05) is 38.1 Å². The molecule has 2 N–H and O–H groups in total. The van der Waals surface area contributed by atoms with E-state index < -0.39 is 0 Å². The molecule has 3 nitrogen and oxygen atoms in total. The summed E-state index contributed by atoms with van der Waals surface area (Å²) in [7, 11) is 0. The normalized spacial score (nSPS) is 11.1. The molecule has 0 aliphatic rings. The second-order valence-corrected chi connectivity index (χ2v) is 4.17. The van der Waals surface area contributed by atoms with Gasteiger partial charge in [-0.25, -0.2) is 0 Å². The van der Waals surface area contributed by atoms with Crippen LogP contribution < -0.4 is 5.32 Å². The largest absolute Gasteiger partial charge is 0.395 e. The highest BCUT2D eigenvalue weighted by molar-refractivity contribution is 5.91. The molecule has 92 valence electrons. The molecule has 0 fully saturated rings. The molecule has 0 radical (unpaired) electrons. The van der Waals surface area contributed by atoms with Crippen molar-refractivity contribution in [1.29, 1.82) is 0 Å². The van der Waals surface area contributed by atoms with E-state index in [1.54, 1.807) is 6.08 Å². The molecule has 1 aromatic carbocycles. The van der Waals surface area contributed by atoms with Crippen molar-refractivity contribution in [2.45, 2.75) is 19.8 Å². The van der Waals surface area contributed by atoms with Gasteiger partial charge in [-0.3, -0.25) is 4.79 Å². The summed E-state index contributed by atoms with van der Waals surface area (Å²) >= 11 is 0. The molecule has 0 saturated heterocycles. The van der Waals surface area contributed by atoms with E-state index in [0.717, 1.165) is 5.56 Å². The molecular weight excluding hydrogens is 214 g/mol. The van der Waals surface area contributed by atoms with Crippen LogP contribution in [0.1, 0.15) is 30.9 Å². The van der Waals surface area contributed by atoms with Crippen LogP contribution in [0.2, 0.25) is 0 Å². The lowest BCUT2D eigenvalue weighted by atomic mass is 10.0. The third-order valence-electron chi connectivity index (χ3n) is 2.44. The Balaban J connectivity index is 2.56. The number of benzene rings is 1. The van der Waals surface area contributed by atoms with E-state index in [9.17, 15) is 4.79 Å². The average molecular weight is 233 g/mol. The van der Waals surface area contributed by atoms with E-state index in [1.165, 1.54) is 11.6 Å². The number of hydrogen-bond acceptors (Lipinski definition) is 2. The van der Waals surface area contributed by atoms with Gasteiger partial charge in [0.2, 0.25) is 5.91 Å². The summed E-state index contributed by atoms with van der Waals surface area (Å²) < 4.78 is 0.